The fourth-order valence-electron chi connectivity index (χ4n) is 5.76. The molecule has 1 aromatic heterocycles. The summed E-state index contributed by atoms with van der Waals surface area (Å²) < 4.78 is 2.19. The van der Waals surface area contributed by atoms with Gasteiger partial charge in [0.1, 0.15) is 0 Å². The Morgan fingerprint density at radius 2 is 2.12 bits per heavy atom. The minimum atomic E-state index is -0.908. The fraction of sp³-hybridized carbons (Fsp3) is 0.500. The second-order valence-electron chi connectivity index (χ2n) is 7.64. The zero-order valence-corrected chi connectivity index (χ0v) is 14.2. The van der Waals surface area contributed by atoms with Gasteiger partial charge in [-0.1, -0.05) is 29.8 Å². The third-order valence-corrected chi connectivity index (χ3v) is 6.81. The molecule has 4 bridgehead atoms. The van der Waals surface area contributed by atoms with Gasteiger partial charge >= 0.3 is 0 Å². The van der Waals surface area contributed by atoms with Gasteiger partial charge in [-0.25, -0.2) is 0 Å². The van der Waals surface area contributed by atoms with E-state index in [9.17, 15) is 10.2 Å². The molecule has 4 heteroatoms. The molecule has 5 heterocycles. The van der Waals surface area contributed by atoms with Crippen molar-refractivity contribution in [3.05, 3.63) is 47.2 Å². The summed E-state index contributed by atoms with van der Waals surface area (Å²) in [4.78, 5) is 2.25. The molecule has 5 atom stereocenters. The van der Waals surface area contributed by atoms with Crippen LogP contribution >= 0.6 is 0 Å². The quantitative estimate of drug-likeness (QED) is 0.790. The van der Waals surface area contributed by atoms with Gasteiger partial charge in [0.2, 0.25) is 0 Å². The first kappa shape index (κ1) is 14.7. The number of piperidine rings is 3. The lowest BCUT2D eigenvalue weighted by Gasteiger charge is -2.62. The molecule has 3 fully saturated rings. The van der Waals surface area contributed by atoms with E-state index in [-0.39, 0.29) is 24.5 Å². The highest BCUT2D eigenvalue weighted by Gasteiger charge is 2.60. The van der Waals surface area contributed by atoms with Crippen molar-refractivity contribution < 1.29 is 10.2 Å². The van der Waals surface area contributed by atoms with Crippen LogP contribution < -0.4 is 0 Å². The van der Waals surface area contributed by atoms with Gasteiger partial charge in [-0.2, -0.15) is 0 Å². The minimum absolute atomic E-state index is 0.194. The number of aromatic nitrogens is 1. The number of aliphatic hydroxyl groups is 2. The van der Waals surface area contributed by atoms with E-state index in [1.54, 1.807) is 0 Å². The van der Waals surface area contributed by atoms with Crippen LogP contribution in [0.15, 0.2) is 35.9 Å². The summed E-state index contributed by atoms with van der Waals surface area (Å²) >= 11 is 0. The van der Waals surface area contributed by atoms with Crippen molar-refractivity contribution in [2.24, 2.45) is 18.9 Å². The second-order valence-corrected chi connectivity index (χ2v) is 7.64. The van der Waals surface area contributed by atoms with Crippen LogP contribution in [0.3, 0.4) is 0 Å². The summed E-state index contributed by atoms with van der Waals surface area (Å²) in [6.07, 6.45) is 3.78. The lowest BCUT2D eigenvalue weighted by molar-refractivity contribution is -0.222. The number of nitrogens with zero attached hydrogens (tertiary/aromatic N) is 2. The van der Waals surface area contributed by atoms with Gasteiger partial charge in [0, 0.05) is 49.5 Å². The lowest BCUT2D eigenvalue weighted by atomic mass is 9.62. The molecule has 0 spiro atoms. The Balaban J connectivity index is 1.78. The number of hydrogen-bond acceptors (Lipinski definition) is 3. The molecule has 2 aromatic rings. The first-order chi connectivity index (χ1) is 11.6. The van der Waals surface area contributed by atoms with E-state index in [4.69, 9.17) is 0 Å². The van der Waals surface area contributed by atoms with Gasteiger partial charge in [0.25, 0.3) is 0 Å². The average molecular weight is 324 g/mol. The van der Waals surface area contributed by atoms with Crippen LogP contribution in [0.5, 0.6) is 0 Å². The summed E-state index contributed by atoms with van der Waals surface area (Å²) in [5.41, 5.74) is 3.99. The summed E-state index contributed by atoms with van der Waals surface area (Å²) in [6, 6.07) is 8.66. The smallest absolute Gasteiger partial charge is 0.161 e. The SMILES string of the molecule is C/C=C1/CN2[C@H]3Cc4c(n(C)c5ccccc45)[C@]2(O)C[C@@H]1[C@H]3CO. The molecule has 2 N–H and O–H groups in total. The molecule has 0 radical (unpaired) electrons. The summed E-state index contributed by atoms with van der Waals surface area (Å²) in [5, 5.41) is 23.0. The molecular formula is C20H24N2O2. The van der Waals surface area contributed by atoms with Crippen molar-refractivity contribution in [2.75, 3.05) is 13.2 Å². The van der Waals surface area contributed by atoms with Crippen LogP contribution in [-0.4, -0.2) is 38.9 Å². The van der Waals surface area contributed by atoms with Crippen LogP contribution in [0.25, 0.3) is 10.9 Å². The number of aliphatic hydroxyl groups excluding tert-OH is 1. The molecule has 126 valence electrons. The maximum Gasteiger partial charge on any atom is 0.161 e. The molecule has 0 aliphatic carbocycles. The Bertz CT molecular complexity index is 868. The highest BCUT2D eigenvalue weighted by molar-refractivity contribution is 5.86. The van der Waals surface area contributed by atoms with Gasteiger partial charge in [-0.15, -0.1) is 0 Å². The summed E-state index contributed by atoms with van der Waals surface area (Å²) in [6.45, 7) is 3.09. The maximum absolute atomic E-state index is 11.7. The molecule has 4 aliphatic heterocycles. The number of benzene rings is 1. The zero-order valence-electron chi connectivity index (χ0n) is 14.2. The summed E-state index contributed by atoms with van der Waals surface area (Å²) in [5.74, 6) is 0.503. The number of allylic oxidation sites excluding steroid dienone is 1. The normalized spacial score (nSPS) is 38.8. The van der Waals surface area contributed by atoms with Gasteiger partial charge in [-0.05, 0) is 30.9 Å². The number of hydrogen-bond donors (Lipinski definition) is 2. The predicted octanol–water partition coefficient (Wildman–Crippen LogP) is 2.14. The van der Waals surface area contributed by atoms with E-state index in [1.807, 2.05) is 0 Å². The molecule has 0 amide bonds. The van der Waals surface area contributed by atoms with Crippen molar-refractivity contribution in [3.8, 4) is 0 Å². The zero-order chi connectivity index (χ0) is 16.6. The molecular weight excluding hydrogens is 300 g/mol. The molecule has 0 saturated carbocycles. The van der Waals surface area contributed by atoms with Crippen LogP contribution in [-0.2, 0) is 19.2 Å². The highest BCUT2D eigenvalue weighted by Crippen LogP contribution is 2.56. The molecule has 4 aliphatic rings. The van der Waals surface area contributed by atoms with E-state index < -0.39 is 5.72 Å². The Labute approximate surface area is 142 Å². The molecule has 24 heavy (non-hydrogen) atoms. The summed E-state index contributed by atoms with van der Waals surface area (Å²) in [7, 11) is 2.07. The van der Waals surface area contributed by atoms with Crippen molar-refractivity contribution in [1.82, 2.24) is 9.47 Å². The van der Waals surface area contributed by atoms with Gasteiger partial charge in [0.05, 0.1) is 5.69 Å². The van der Waals surface area contributed by atoms with E-state index in [0.29, 0.717) is 6.42 Å². The van der Waals surface area contributed by atoms with E-state index in [0.717, 1.165) is 18.7 Å². The van der Waals surface area contributed by atoms with Crippen LogP contribution in [0, 0.1) is 11.8 Å². The second kappa shape index (κ2) is 4.72. The predicted molar refractivity (Wildman–Crippen MR) is 93.5 cm³/mol. The molecule has 3 saturated heterocycles. The molecule has 1 aromatic carbocycles. The molecule has 1 unspecified atom stereocenters. The highest BCUT2D eigenvalue weighted by atomic mass is 16.3. The lowest BCUT2D eigenvalue weighted by Crippen LogP contribution is -2.69. The number of rotatable bonds is 1. The van der Waals surface area contributed by atoms with Crippen LogP contribution in [0.4, 0.5) is 0 Å². The fourth-order valence-corrected chi connectivity index (χ4v) is 5.76. The standard InChI is InChI=1S/C20H24N2O2/c1-3-12-10-22-18-8-14-13-6-4-5-7-17(13)21(2)19(14)20(22,24)9-15(12)16(18)11-23/h3-7,15-16,18,23-24H,8-11H2,1-2H3/b12-3-/t15-,16+,18-,20+/m0/s1. The van der Waals surface area contributed by atoms with Crippen LogP contribution in [0.2, 0.25) is 0 Å². The van der Waals surface area contributed by atoms with E-state index in [1.165, 1.54) is 22.0 Å². The first-order valence-electron chi connectivity index (χ1n) is 8.92. The number of aryl methyl sites for hydroxylation is 1. The topological polar surface area (TPSA) is 48.6 Å². The van der Waals surface area contributed by atoms with Crippen molar-refractivity contribution >= 4 is 10.9 Å². The van der Waals surface area contributed by atoms with Gasteiger partial charge in [-0.3, -0.25) is 4.90 Å². The third-order valence-electron chi connectivity index (χ3n) is 6.81. The number of fused-ring (bicyclic) bond motifs is 4. The van der Waals surface area contributed by atoms with Crippen molar-refractivity contribution in [1.29, 1.82) is 0 Å². The Hall–Kier alpha value is -1.62. The van der Waals surface area contributed by atoms with Crippen molar-refractivity contribution in [2.45, 2.75) is 31.5 Å². The molecule has 6 rings (SSSR count). The Kier molecular flexibility index (Phi) is 2.89. The van der Waals surface area contributed by atoms with Crippen molar-refractivity contribution in [3.63, 3.8) is 0 Å². The Morgan fingerprint density at radius 1 is 1.33 bits per heavy atom. The first-order valence-corrected chi connectivity index (χ1v) is 8.92. The van der Waals surface area contributed by atoms with Gasteiger partial charge in [0.15, 0.2) is 5.72 Å². The largest absolute Gasteiger partial charge is 0.396 e. The van der Waals surface area contributed by atoms with Gasteiger partial charge < -0.3 is 14.8 Å². The van der Waals surface area contributed by atoms with E-state index >= 15 is 0 Å². The number of para-hydroxylation sites is 1. The monoisotopic (exact) mass is 324 g/mol. The Morgan fingerprint density at radius 3 is 2.88 bits per heavy atom. The van der Waals surface area contributed by atoms with Crippen LogP contribution in [0.1, 0.15) is 24.6 Å². The maximum atomic E-state index is 11.7. The third kappa shape index (κ3) is 1.55. The average Bonchev–Trinajstić information content (AvgIpc) is 2.88. The van der Waals surface area contributed by atoms with E-state index in [2.05, 4.69) is 53.8 Å². The minimum Gasteiger partial charge on any atom is -0.396 e. The molecule has 4 nitrogen and oxygen atoms in total.